The topological polar surface area (TPSA) is 30.5 Å². The van der Waals surface area contributed by atoms with Gasteiger partial charge in [-0.25, -0.2) is 0 Å². The van der Waals surface area contributed by atoms with Crippen molar-refractivity contribution in [2.24, 2.45) is 0 Å². The van der Waals surface area contributed by atoms with Crippen molar-refractivity contribution in [2.45, 2.75) is 40.2 Å². The molecular weight excluding hydrogens is 238 g/mol. The van der Waals surface area contributed by atoms with Crippen LogP contribution in [0.2, 0.25) is 0 Å². The van der Waals surface area contributed by atoms with E-state index in [9.17, 15) is 0 Å². The summed E-state index contributed by atoms with van der Waals surface area (Å²) >= 11 is 0. The lowest BCUT2D eigenvalue weighted by Gasteiger charge is -2.22. The zero-order valence-corrected chi connectivity index (χ0v) is 12.9. The molecule has 3 heteroatoms. The molecule has 1 unspecified atom stereocenters. The van der Waals surface area contributed by atoms with Gasteiger partial charge in [0.1, 0.15) is 5.75 Å². The lowest BCUT2D eigenvalue weighted by Crippen LogP contribution is -2.23. The molecule has 3 nitrogen and oxygen atoms in total. The number of methoxy groups -OCH3 is 1. The fraction of sp³-hybridized carbons (Fsp3) is 0.625. The highest BCUT2D eigenvalue weighted by atomic mass is 16.5. The Bertz CT molecular complexity index is 391. The molecule has 1 rings (SSSR count). The molecule has 1 N–H and O–H groups in total. The van der Waals surface area contributed by atoms with Crippen LogP contribution in [0.4, 0.5) is 0 Å². The number of hydrogen-bond donors (Lipinski definition) is 1. The van der Waals surface area contributed by atoms with Gasteiger partial charge >= 0.3 is 0 Å². The molecule has 0 saturated heterocycles. The van der Waals surface area contributed by atoms with Gasteiger partial charge in [0.25, 0.3) is 0 Å². The van der Waals surface area contributed by atoms with Gasteiger partial charge in [-0.05, 0) is 44.9 Å². The van der Waals surface area contributed by atoms with Gasteiger partial charge in [-0.3, -0.25) is 0 Å². The van der Waals surface area contributed by atoms with E-state index in [-0.39, 0.29) is 6.04 Å². The van der Waals surface area contributed by atoms with E-state index in [0.29, 0.717) is 0 Å². The van der Waals surface area contributed by atoms with Gasteiger partial charge in [0.15, 0.2) is 0 Å². The van der Waals surface area contributed by atoms with Crippen molar-refractivity contribution in [1.82, 2.24) is 5.32 Å². The first-order chi connectivity index (χ1) is 9.15. The largest absolute Gasteiger partial charge is 0.496 e. The Kier molecular flexibility index (Phi) is 6.89. The summed E-state index contributed by atoms with van der Waals surface area (Å²) in [6, 6.07) is 4.62. The zero-order valence-electron chi connectivity index (χ0n) is 12.9. The molecular formula is C16H27NO2. The molecule has 0 bridgehead atoms. The Morgan fingerprint density at radius 3 is 2.53 bits per heavy atom. The molecule has 0 aliphatic rings. The SMILES string of the molecule is CCNC(CCOCC)c1ccc(C)c(C)c1OC. The molecule has 0 aromatic heterocycles. The molecule has 108 valence electrons. The third kappa shape index (κ3) is 4.22. The Morgan fingerprint density at radius 1 is 1.21 bits per heavy atom. The van der Waals surface area contributed by atoms with Crippen LogP contribution in [0.15, 0.2) is 12.1 Å². The van der Waals surface area contributed by atoms with Crippen LogP contribution in [0.1, 0.15) is 43.0 Å². The number of nitrogens with one attached hydrogen (secondary N) is 1. The highest BCUT2D eigenvalue weighted by Crippen LogP contribution is 2.32. The summed E-state index contributed by atoms with van der Waals surface area (Å²) in [5.41, 5.74) is 3.71. The number of ether oxygens (including phenoxy) is 2. The van der Waals surface area contributed by atoms with Crippen molar-refractivity contribution in [3.05, 3.63) is 28.8 Å². The van der Waals surface area contributed by atoms with Crippen molar-refractivity contribution < 1.29 is 9.47 Å². The molecule has 1 aromatic carbocycles. The van der Waals surface area contributed by atoms with Crippen LogP contribution in [-0.2, 0) is 4.74 Å². The molecule has 0 aliphatic heterocycles. The van der Waals surface area contributed by atoms with Gasteiger partial charge in [-0.15, -0.1) is 0 Å². The average molecular weight is 265 g/mol. The second-order valence-corrected chi connectivity index (χ2v) is 4.73. The predicted molar refractivity (Wildman–Crippen MR) is 80.0 cm³/mol. The lowest BCUT2D eigenvalue weighted by atomic mass is 9.97. The highest BCUT2D eigenvalue weighted by molar-refractivity contribution is 5.46. The fourth-order valence-electron chi connectivity index (χ4n) is 2.32. The molecule has 19 heavy (non-hydrogen) atoms. The van der Waals surface area contributed by atoms with Crippen molar-refractivity contribution in [3.8, 4) is 5.75 Å². The minimum atomic E-state index is 0.283. The lowest BCUT2D eigenvalue weighted by molar-refractivity contribution is 0.136. The minimum absolute atomic E-state index is 0.283. The predicted octanol–water partition coefficient (Wildman–Crippen LogP) is 3.39. The number of rotatable bonds is 8. The van der Waals surface area contributed by atoms with Crippen molar-refractivity contribution in [3.63, 3.8) is 0 Å². The molecule has 0 saturated carbocycles. The Morgan fingerprint density at radius 2 is 1.95 bits per heavy atom. The second-order valence-electron chi connectivity index (χ2n) is 4.73. The summed E-state index contributed by atoms with van der Waals surface area (Å²) in [6.45, 7) is 10.9. The Balaban J connectivity index is 2.97. The van der Waals surface area contributed by atoms with E-state index in [1.807, 2.05) is 6.92 Å². The second kappa shape index (κ2) is 8.18. The van der Waals surface area contributed by atoms with E-state index >= 15 is 0 Å². The maximum absolute atomic E-state index is 5.61. The highest BCUT2D eigenvalue weighted by Gasteiger charge is 2.17. The van der Waals surface area contributed by atoms with E-state index in [1.165, 1.54) is 16.7 Å². The zero-order chi connectivity index (χ0) is 14.3. The molecule has 0 amide bonds. The molecule has 1 atom stereocenters. The van der Waals surface area contributed by atoms with Gasteiger partial charge in [-0.2, -0.15) is 0 Å². The van der Waals surface area contributed by atoms with Crippen LogP contribution < -0.4 is 10.1 Å². The summed E-state index contributed by atoms with van der Waals surface area (Å²) < 4.78 is 11.1. The first-order valence-corrected chi connectivity index (χ1v) is 7.10. The summed E-state index contributed by atoms with van der Waals surface area (Å²) in [5, 5.41) is 3.52. The van der Waals surface area contributed by atoms with Gasteiger partial charge in [0.2, 0.25) is 0 Å². The van der Waals surface area contributed by atoms with Gasteiger partial charge in [0, 0.05) is 24.8 Å². The molecule has 1 aromatic rings. The number of benzene rings is 1. The van der Waals surface area contributed by atoms with Crippen molar-refractivity contribution in [2.75, 3.05) is 26.9 Å². The fourth-order valence-corrected chi connectivity index (χ4v) is 2.32. The Hall–Kier alpha value is -1.06. The Labute approximate surface area is 117 Å². The smallest absolute Gasteiger partial charge is 0.126 e. The molecule has 0 fully saturated rings. The van der Waals surface area contributed by atoms with Crippen LogP contribution in [-0.4, -0.2) is 26.9 Å². The van der Waals surface area contributed by atoms with Gasteiger partial charge in [0.05, 0.1) is 7.11 Å². The summed E-state index contributed by atoms with van der Waals surface area (Å²) in [4.78, 5) is 0. The molecule has 0 radical (unpaired) electrons. The first-order valence-electron chi connectivity index (χ1n) is 7.10. The van der Waals surface area contributed by atoms with Crippen molar-refractivity contribution >= 4 is 0 Å². The van der Waals surface area contributed by atoms with Gasteiger partial charge < -0.3 is 14.8 Å². The normalized spacial score (nSPS) is 12.5. The van der Waals surface area contributed by atoms with Gasteiger partial charge in [-0.1, -0.05) is 19.1 Å². The van der Waals surface area contributed by atoms with E-state index in [1.54, 1.807) is 7.11 Å². The van der Waals surface area contributed by atoms with E-state index < -0.39 is 0 Å². The number of hydrogen-bond acceptors (Lipinski definition) is 3. The minimum Gasteiger partial charge on any atom is -0.496 e. The maximum Gasteiger partial charge on any atom is 0.126 e. The summed E-state index contributed by atoms with van der Waals surface area (Å²) in [7, 11) is 1.75. The van der Waals surface area contributed by atoms with Crippen LogP contribution in [0, 0.1) is 13.8 Å². The van der Waals surface area contributed by atoms with Crippen LogP contribution in [0.3, 0.4) is 0 Å². The monoisotopic (exact) mass is 265 g/mol. The third-order valence-corrected chi connectivity index (χ3v) is 3.49. The van der Waals surface area contributed by atoms with Crippen LogP contribution >= 0.6 is 0 Å². The quantitative estimate of drug-likeness (QED) is 0.731. The first kappa shape index (κ1) is 16.0. The average Bonchev–Trinajstić information content (AvgIpc) is 2.41. The van der Waals surface area contributed by atoms with E-state index in [4.69, 9.17) is 9.47 Å². The molecule has 0 heterocycles. The molecule has 0 aliphatic carbocycles. The summed E-state index contributed by atoms with van der Waals surface area (Å²) in [6.07, 6.45) is 0.959. The standard InChI is InChI=1S/C16H27NO2/c1-6-17-15(10-11-19-7-2)14-9-8-12(3)13(4)16(14)18-5/h8-9,15,17H,6-7,10-11H2,1-5H3. The summed E-state index contributed by atoms with van der Waals surface area (Å²) in [5.74, 6) is 1.00. The van der Waals surface area contributed by atoms with Crippen LogP contribution in [0.5, 0.6) is 5.75 Å². The maximum atomic E-state index is 5.61. The third-order valence-electron chi connectivity index (χ3n) is 3.49. The molecule has 0 spiro atoms. The number of aryl methyl sites for hydroxylation is 1. The van der Waals surface area contributed by atoms with E-state index in [2.05, 4.69) is 38.2 Å². The van der Waals surface area contributed by atoms with Crippen LogP contribution in [0.25, 0.3) is 0 Å². The van der Waals surface area contributed by atoms with Crippen molar-refractivity contribution in [1.29, 1.82) is 0 Å². The van der Waals surface area contributed by atoms with E-state index in [0.717, 1.165) is 31.9 Å².